The SMILES string of the molecule is CNC(=O)c1cc([C@H]2CCN(C(=O)Cc3ccccn3)C2)nc2ccccc12. The first kappa shape index (κ1) is 18.1. The number of rotatable bonds is 4. The van der Waals surface area contributed by atoms with Crippen molar-refractivity contribution < 1.29 is 9.59 Å². The molecular weight excluding hydrogens is 352 g/mol. The van der Waals surface area contributed by atoms with Crippen molar-refractivity contribution in [1.29, 1.82) is 0 Å². The van der Waals surface area contributed by atoms with Crippen molar-refractivity contribution in [2.45, 2.75) is 18.8 Å². The van der Waals surface area contributed by atoms with Crippen LogP contribution in [0.3, 0.4) is 0 Å². The second kappa shape index (κ2) is 7.76. The number of amides is 2. The summed E-state index contributed by atoms with van der Waals surface area (Å²) in [6, 6.07) is 15.1. The molecule has 0 spiro atoms. The average Bonchev–Trinajstić information content (AvgIpc) is 3.23. The first-order valence-corrected chi connectivity index (χ1v) is 9.45. The van der Waals surface area contributed by atoms with Crippen LogP contribution in [0.4, 0.5) is 0 Å². The Morgan fingerprint density at radius 1 is 1.18 bits per heavy atom. The van der Waals surface area contributed by atoms with E-state index in [1.165, 1.54) is 0 Å². The maximum absolute atomic E-state index is 12.6. The normalized spacial score (nSPS) is 16.3. The molecule has 2 aromatic heterocycles. The van der Waals surface area contributed by atoms with Gasteiger partial charge in [-0.05, 0) is 30.7 Å². The molecule has 0 unspecified atom stereocenters. The number of carbonyl (C=O) groups is 2. The van der Waals surface area contributed by atoms with E-state index < -0.39 is 0 Å². The number of carbonyl (C=O) groups excluding carboxylic acids is 2. The molecule has 3 heterocycles. The summed E-state index contributed by atoms with van der Waals surface area (Å²) < 4.78 is 0. The molecule has 1 atom stereocenters. The van der Waals surface area contributed by atoms with Gasteiger partial charge in [-0.1, -0.05) is 24.3 Å². The van der Waals surface area contributed by atoms with Crippen molar-refractivity contribution in [3.05, 3.63) is 71.7 Å². The molecule has 1 fully saturated rings. The van der Waals surface area contributed by atoms with Gasteiger partial charge in [0.1, 0.15) is 0 Å². The molecule has 0 aliphatic carbocycles. The minimum Gasteiger partial charge on any atom is -0.355 e. The van der Waals surface area contributed by atoms with E-state index in [4.69, 9.17) is 4.98 Å². The summed E-state index contributed by atoms with van der Waals surface area (Å²) in [7, 11) is 1.63. The highest BCUT2D eigenvalue weighted by molar-refractivity contribution is 6.06. The number of pyridine rings is 2. The summed E-state index contributed by atoms with van der Waals surface area (Å²) in [5.74, 6) is 0.0788. The van der Waals surface area contributed by atoms with Gasteiger partial charge in [-0.2, -0.15) is 0 Å². The summed E-state index contributed by atoms with van der Waals surface area (Å²) >= 11 is 0. The van der Waals surface area contributed by atoms with E-state index in [9.17, 15) is 9.59 Å². The van der Waals surface area contributed by atoms with E-state index >= 15 is 0 Å². The Morgan fingerprint density at radius 3 is 2.79 bits per heavy atom. The summed E-state index contributed by atoms with van der Waals surface area (Å²) in [5, 5.41) is 3.55. The molecule has 1 aliphatic rings. The lowest BCUT2D eigenvalue weighted by molar-refractivity contribution is -0.129. The second-order valence-electron chi connectivity index (χ2n) is 7.01. The molecule has 0 bridgehead atoms. The van der Waals surface area contributed by atoms with Gasteiger partial charge in [0.15, 0.2) is 0 Å². The van der Waals surface area contributed by atoms with E-state index in [1.54, 1.807) is 13.2 Å². The largest absolute Gasteiger partial charge is 0.355 e. The maximum Gasteiger partial charge on any atom is 0.251 e. The Balaban J connectivity index is 1.56. The Hall–Kier alpha value is -3.28. The summed E-state index contributed by atoms with van der Waals surface area (Å²) in [6.45, 7) is 1.31. The zero-order valence-electron chi connectivity index (χ0n) is 15.8. The number of fused-ring (bicyclic) bond motifs is 1. The average molecular weight is 374 g/mol. The second-order valence-corrected chi connectivity index (χ2v) is 7.01. The van der Waals surface area contributed by atoms with Crippen LogP contribution in [-0.2, 0) is 11.2 Å². The fourth-order valence-corrected chi connectivity index (χ4v) is 3.73. The van der Waals surface area contributed by atoms with Crippen LogP contribution in [-0.4, -0.2) is 46.8 Å². The summed E-state index contributed by atoms with van der Waals surface area (Å²) in [6.07, 6.45) is 2.85. The van der Waals surface area contributed by atoms with Crippen LogP contribution in [0.25, 0.3) is 10.9 Å². The van der Waals surface area contributed by atoms with Gasteiger partial charge in [0.25, 0.3) is 5.91 Å². The topological polar surface area (TPSA) is 75.2 Å². The summed E-state index contributed by atoms with van der Waals surface area (Å²) in [5.41, 5.74) is 3.07. The molecule has 1 aliphatic heterocycles. The first-order chi connectivity index (χ1) is 13.7. The Morgan fingerprint density at radius 2 is 2.00 bits per heavy atom. The molecule has 1 N–H and O–H groups in total. The van der Waals surface area contributed by atoms with E-state index in [1.807, 2.05) is 53.4 Å². The van der Waals surface area contributed by atoms with Gasteiger partial charge in [0.05, 0.1) is 17.5 Å². The van der Waals surface area contributed by atoms with Crippen molar-refractivity contribution >= 4 is 22.7 Å². The van der Waals surface area contributed by atoms with E-state index in [2.05, 4.69) is 10.3 Å². The van der Waals surface area contributed by atoms with Crippen LogP contribution < -0.4 is 5.32 Å². The number of benzene rings is 1. The van der Waals surface area contributed by atoms with Crippen LogP contribution in [0.1, 0.15) is 34.1 Å². The van der Waals surface area contributed by atoms with Gasteiger partial charge in [0.2, 0.25) is 5.91 Å². The zero-order valence-corrected chi connectivity index (χ0v) is 15.8. The van der Waals surface area contributed by atoms with Crippen molar-refractivity contribution in [3.63, 3.8) is 0 Å². The molecule has 0 radical (unpaired) electrons. The van der Waals surface area contributed by atoms with Crippen LogP contribution in [0.5, 0.6) is 0 Å². The van der Waals surface area contributed by atoms with Crippen LogP contribution in [0, 0.1) is 0 Å². The number of likely N-dealkylation sites (tertiary alicyclic amines) is 1. The smallest absolute Gasteiger partial charge is 0.251 e. The van der Waals surface area contributed by atoms with Gasteiger partial charge in [0, 0.05) is 49.0 Å². The van der Waals surface area contributed by atoms with Gasteiger partial charge in [-0.3, -0.25) is 19.6 Å². The van der Waals surface area contributed by atoms with Crippen LogP contribution in [0.15, 0.2) is 54.7 Å². The standard InChI is InChI=1S/C22H22N4O2/c1-23-22(28)18-13-20(25-19-8-3-2-7-17(18)19)15-9-11-26(14-15)21(27)12-16-6-4-5-10-24-16/h2-8,10,13,15H,9,11-12,14H2,1H3,(H,23,28)/t15-/m0/s1. The maximum atomic E-state index is 12.6. The fourth-order valence-electron chi connectivity index (χ4n) is 3.73. The lowest BCUT2D eigenvalue weighted by atomic mass is 9.99. The summed E-state index contributed by atoms with van der Waals surface area (Å²) in [4.78, 5) is 35.9. The quantitative estimate of drug-likeness (QED) is 0.762. The van der Waals surface area contributed by atoms with Crippen molar-refractivity contribution in [3.8, 4) is 0 Å². The minimum atomic E-state index is -0.124. The molecule has 1 saturated heterocycles. The van der Waals surface area contributed by atoms with Gasteiger partial charge in [-0.15, -0.1) is 0 Å². The Labute approximate surface area is 163 Å². The van der Waals surface area contributed by atoms with Gasteiger partial charge >= 0.3 is 0 Å². The third kappa shape index (κ3) is 3.58. The molecule has 142 valence electrons. The Bertz CT molecular complexity index is 1020. The minimum absolute atomic E-state index is 0.0773. The zero-order chi connectivity index (χ0) is 19.5. The van der Waals surface area contributed by atoms with Crippen molar-refractivity contribution in [2.24, 2.45) is 0 Å². The molecule has 6 nitrogen and oxygen atoms in total. The number of hydrogen-bond donors (Lipinski definition) is 1. The molecule has 3 aromatic rings. The molecule has 6 heteroatoms. The predicted octanol–water partition coefficient (Wildman–Crippen LogP) is 2.55. The number of nitrogens with one attached hydrogen (secondary N) is 1. The van der Waals surface area contributed by atoms with Crippen molar-refractivity contribution in [1.82, 2.24) is 20.2 Å². The van der Waals surface area contributed by atoms with E-state index in [0.717, 1.165) is 28.7 Å². The van der Waals surface area contributed by atoms with E-state index in [0.29, 0.717) is 25.1 Å². The molecule has 28 heavy (non-hydrogen) atoms. The highest BCUT2D eigenvalue weighted by Gasteiger charge is 2.29. The van der Waals surface area contributed by atoms with Gasteiger partial charge < -0.3 is 10.2 Å². The molecule has 2 amide bonds. The van der Waals surface area contributed by atoms with Crippen LogP contribution >= 0.6 is 0 Å². The highest BCUT2D eigenvalue weighted by atomic mass is 16.2. The number of para-hydroxylation sites is 1. The number of nitrogens with zero attached hydrogens (tertiary/aromatic N) is 3. The number of aromatic nitrogens is 2. The fraction of sp³-hybridized carbons (Fsp3) is 0.273. The lowest BCUT2D eigenvalue weighted by Gasteiger charge is -2.17. The van der Waals surface area contributed by atoms with Crippen LogP contribution in [0.2, 0.25) is 0 Å². The van der Waals surface area contributed by atoms with Gasteiger partial charge in [-0.25, -0.2) is 0 Å². The monoisotopic (exact) mass is 374 g/mol. The lowest BCUT2D eigenvalue weighted by Crippen LogP contribution is -2.30. The highest BCUT2D eigenvalue weighted by Crippen LogP contribution is 2.29. The van der Waals surface area contributed by atoms with Crippen molar-refractivity contribution in [2.75, 3.05) is 20.1 Å². The predicted molar refractivity (Wildman–Crippen MR) is 107 cm³/mol. The Kier molecular flexibility index (Phi) is 5.02. The third-order valence-electron chi connectivity index (χ3n) is 5.23. The molecule has 4 rings (SSSR count). The molecule has 0 saturated carbocycles. The third-order valence-corrected chi connectivity index (χ3v) is 5.23. The number of hydrogen-bond acceptors (Lipinski definition) is 4. The first-order valence-electron chi connectivity index (χ1n) is 9.45. The van der Waals surface area contributed by atoms with E-state index in [-0.39, 0.29) is 17.7 Å². The molecular formula is C22H22N4O2. The molecule has 1 aromatic carbocycles.